The molecule has 1 aromatic rings. The summed E-state index contributed by atoms with van der Waals surface area (Å²) in [6, 6.07) is 2.93. The normalized spacial score (nSPS) is 13.8. The predicted octanol–water partition coefficient (Wildman–Crippen LogP) is 1.69. The van der Waals surface area contributed by atoms with Crippen LogP contribution in [0.1, 0.15) is 32.0 Å². The first-order valence-electron chi connectivity index (χ1n) is 5.83. The maximum absolute atomic E-state index is 12.8. The first kappa shape index (κ1) is 15.0. The molecule has 0 aliphatic carbocycles. The van der Waals surface area contributed by atoms with E-state index in [-0.39, 0.29) is 17.8 Å². The summed E-state index contributed by atoms with van der Waals surface area (Å²) < 4.78 is 35.2. The topological polar surface area (TPSA) is 59.1 Å². The molecule has 0 bridgehead atoms. The molecule has 1 N–H and O–H groups in total. The van der Waals surface area contributed by atoms with Crippen molar-refractivity contribution < 1.29 is 12.8 Å². The zero-order valence-electron chi connectivity index (χ0n) is 10.9. The first-order chi connectivity index (χ1) is 8.28. The van der Waals surface area contributed by atoms with Crippen molar-refractivity contribution in [3.05, 3.63) is 29.8 Å². The molecule has 0 aliphatic heterocycles. The zero-order chi connectivity index (χ0) is 13.8. The molecule has 4 nitrogen and oxygen atoms in total. The molecule has 6 heteroatoms. The molecule has 0 aromatic carbocycles. The van der Waals surface area contributed by atoms with Gasteiger partial charge in [0.1, 0.15) is 15.7 Å². The van der Waals surface area contributed by atoms with Crippen LogP contribution in [0.3, 0.4) is 0 Å². The van der Waals surface area contributed by atoms with E-state index in [1.807, 2.05) is 13.8 Å². The highest BCUT2D eigenvalue weighted by molar-refractivity contribution is 7.90. The Balaban J connectivity index is 2.80. The highest BCUT2D eigenvalue weighted by Crippen LogP contribution is 2.16. The molecule has 0 aliphatic rings. The number of nitrogens with zero attached hydrogens (tertiary/aromatic N) is 1. The van der Waals surface area contributed by atoms with Crippen LogP contribution in [0.2, 0.25) is 0 Å². The van der Waals surface area contributed by atoms with E-state index in [2.05, 4.69) is 10.3 Å². The minimum atomic E-state index is -3.01. The summed E-state index contributed by atoms with van der Waals surface area (Å²) in [5.41, 5.74) is 0.661. The van der Waals surface area contributed by atoms with Gasteiger partial charge >= 0.3 is 0 Å². The fourth-order valence-corrected chi connectivity index (χ4v) is 2.31. The Morgan fingerprint density at radius 1 is 1.39 bits per heavy atom. The van der Waals surface area contributed by atoms with E-state index >= 15 is 0 Å². The van der Waals surface area contributed by atoms with Gasteiger partial charge in [-0.25, -0.2) is 12.8 Å². The van der Waals surface area contributed by atoms with Gasteiger partial charge in [0.05, 0.1) is 23.7 Å². The second-order valence-electron chi connectivity index (χ2n) is 4.69. The van der Waals surface area contributed by atoms with Gasteiger partial charge in [0, 0.05) is 12.3 Å². The van der Waals surface area contributed by atoms with Crippen molar-refractivity contribution in [1.29, 1.82) is 0 Å². The molecule has 0 saturated carbocycles. The van der Waals surface area contributed by atoms with Crippen molar-refractivity contribution >= 4 is 9.84 Å². The molecule has 1 aromatic heterocycles. The van der Waals surface area contributed by atoms with Crippen LogP contribution in [0.25, 0.3) is 0 Å². The van der Waals surface area contributed by atoms with Crippen LogP contribution >= 0.6 is 0 Å². The van der Waals surface area contributed by atoms with Crippen LogP contribution in [0.15, 0.2) is 18.3 Å². The Bertz CT molecular complexity index is 471. The molecule has 18 heavy (non-hydrogen) atoms. The van der Waals surface area contributed by atoms with Crippen molar-refractivity contribution in [2.75, 3.05) is 12.0 Å². The summed E-state index contributed by atoms with van der Waals surface area (Å²) in [6.07, 6.45) is 2.78. The van der Waals surface area contributed by atoms with Gasteiger partial charge in [-0.05, 0) is 18.6 Å². The monoisotopic (exact) mass is 274 g/mol. The molecule has 0 amide bonds. The second-order valence-corrected chi connectivity index (χ2v) is 6.95. The first-order valence-corrected chi connectivity index (χ1v) is 7.89. The average molecular weight is 274 g/mol. The van der Waals surface area contributed by atoms with Crippen LogP contribution in [-0.2, 0) is 9.84 Å². The lowest BCUT2D eigenvalue weighted by Gasteiger charge is -2.20. The average Bonchev–Trinajstić information content (AvgIpc) is 2.24. The van der Waals surface area contributed by atoms with E-state index in [1.54, 1.807) is 6.07 Å². The highest BCUT2D eigenvalue weighted by atomic mass is 32.2. The van der Waals surface area contributed by atoms with E-state index in [1.165, 1.54) is 12.3 Å². The van der Waals surface area contributed by atoms with E-state index in [4.69, 9.17) is 0 Å². The fraction of sp³-hybridized carbons (Fsp3) is 0.583. The van der Waals surface area contributed by atoms with Crippen molar-refractivity contribution in [3.8, 4) is 0 Å². The Kier molecular flexibility index (Phi) is 5.22. The largest absolute Gasteiger partial charge is 0.306 e. The lowest BCUT2D eigenvalue weighted by atomic mass is 10.1. The summed E-state index contributed by atoms with van der Waals surface area (Å²) in [5.74, 6) is -0.318. The number of aromatic nitrogens is 1. The number of rotatable bonds is 6. The lowest BCUT2D eigenvalue weighted by Crippen LogP contribution is -2.30. The van der Waals surface area contributed by atoms with Crippen LogP contribution in [0, 0.1) is 5.82 Å². The predicted molar refractivity (Wildman–Crippen MR) is 69.5 cm³/mol. The third kappa shape index (κ3) is 5.55. The maximum atomic E-state index is 12.8. The Morgan fingerprint density at radius 2 is 2.06 bits per heavy atom. The van der Waals surface area contributed by atoms with Crippen molar-refractivity contribution in [2.24, 2.45) is 0 Å². The van der Waals surface area contributed by atoms with Crippen molar-refractivity contribution in [1.82, 2.24) is 10.3 Å². The van der Waals surface area contributed by atoms with Gasteiger partial charge in [-0.2, -0.15) is 0 Å². The number of nitrogens with one attached hydrogen (secondary N) is 1. The summed E-state index contributed by atoms with van der Waals surface area (Å²) in [5, 5.41) is 3.24. The van der Waals surface area contributed by atoms with Gasteiger partial charge in [0.15, 0.2) is 0 Å². The van der Waals surface area contributed by atoms with Gasteiger partial charge in [-0.3, -0.25) is 4.98 Å². The number of hydrogen-bond donors (Lipinski definition) is 1. The Hall–Kier alpha value is -1.01. The van der Waals surface area contributed by atoms with Crippen molar-refractivity contribution in [3.63, 3.8) is 0 Å². The summed E-state index contributed by atoms with van der Waals surface area (Å²) >= 11 is 0. The molecular weight excluding hydrogens is 255 g/mol. The van der Waals surface area contributed by atoms with Gasteiger partial charge in [-0.15, -0.1) is 0 Å². The van der Waals surface area contributed by atoms with E-state index in [0.717, 1.165) is 6.20 Å². The number of pyridine rings is 1. The Labute approximate surface area is 108 Å². The SMILES string of the molecule is CC(C)NC(CCS(C)(=O)=O)c1ccc(F)cn1. The molecule has 0 spiro atoms. The van der Waals surface area contributed by atoms with Gasteiger partial charge in [-0.1, -0.05) is 13.8 Å². The molecule has 1 rings (SSSR count). The Morgan fingerprint density at radius 3 is 2.50 bits per heavy atom. The fourth-order valence-electron chi connectivity index (χ4n) is 1.64. The molecule has 0 fully saturated rings. The van der Waals surface area contributed by atoms with Gasteiger partial charge < -0.3 is 5.32 Å². The van der Waals surface area contributed by atoms with Crippen LogP contribution < -0.4 is 5.32 Å². The van der Waals surface area contributed by atoms with E-state index < -0.39 is 15.7 Å². The smallest absolute Gasteiger partial charge is 0.147 e. The van der Waals surface area contributed by atoms with Crippen molar-refractivity contribution in [2.45, 2.75) is 32.4 Å². The summed E-state index contributed by atoms with van der Waals surface area (Å²) in [4.78, 5) is 4.00. The molecule has 1 unspecified atom stereocenters. The molecule has 0 saturated heterocycles. The maximum Gasteiger partial charge on any atom is 0.147 e. The molecular formula is C12H19FN2O2S. The molecule has 1 atom stereocenters. The number of halogens is 1. The summed E-state index contributed by atoms with van der Waals surface area (Å²) in [7, 11) is -3.01. The number of sulfone groups is 1. The lowest BCUT2D eigenvalue weighted by molar-refractivity contribution is 0.455. The minimum absolute atomic E-state index is 0.0798. The molecule has 0 radical (unpaired) electrons. The van der Waals surface area contributed by atoms with E-state index in [9.17, 15) is 12.8 Å². The van der Waals surface area contributed by atoms with Crippen LogP contribution in [-0.4, -0.2) is 31.5 Å². The van der Waals surface area contributed by atoms with Gasteiger partial charge in [0.25, 0.3) is 0 Å². The second kappa shape index (κ2) is 6.24. The van der Waals surface area contributed by atoms with Crippen LogP contribution in [0.5, 0.6) is 0 Å². The highest BCUT2D eigenvalue weighted by Gasteiger charge is 2.16. The third-order valence-corrected chi connectivity index (χ3v) is 3.40. The molecule has 1 heterocycles. The van der Waals surface area contributed by atoms with Gasteiger partial charge in [0.2, 0.25) is 0 Å². The number of hydrogen-bond acceptors (Lipinski definition) is 4. The standard InChI is InChI=1S/C12H19FN2O2S/c1-9(2)15-12(6-7-18(3,16)17)11-5-4-10(13)8-14-11/h4-5,8-9,12,15H,6-7H2,1-3H3. The quantitative estimate of drug-likeness (QED) is 0.857. The van der Waals surface area contributed by atoms with E-state index in [0.29, 0.717) is 12.1 Å². The van der Waals surface area contributed by atoms with Crippen LogP contribution in [0.4, 0.5) is 4.39 Å². The zero-order valence-corrected chi connectivity index (χ0v) is 11.7. The summed E-state index contributed by atoms with van der Waals surface area (Å²) in [6.45, 7) is 3.94. The third-order valence-electron chi connectivity index (χ3n) is 2.42. The minimum Gasteiger partial charge on any atom is -0.306 e. The molecule has 102 valence electrons.